The van der Waals surface area contributed by atoms with Crippen LogP contribution in [0.5, 0.6) is 0 Å². The Morgan fingerprint density at radius 1 is 1.02 bits per heavy atom. The average Bonchev–Trinajstić information content (AvgIpc) is 3.69. The molecule has 2 saturated carbocycles. The molecule has 0 aromatic heterocycles. The van der Waals surface area contributed by atoms with Crippen molar-refractivity contribution in [2.24, 2.45) is 29.6 Å². The first-order valence-corrected chi connectivity index (χ1v) is 19.5. The van der Waals surface area contributed by atoms with Gasteiger partial charge in [-0.3, -0.25) is 4.79 Å². The first-order valence-electron chi connectivity index (χ1n) is 19.5. The van der Waals surface area contributed by atoms with Gasteiger partial charge in [-0.1, -0.05) is 43.9 Å². The molecular formula is C41H58O15. The summed E-state index contributed by atoms with van der Waals surface area (Å²) in [7, 11) is 0. The number of rotatable bonds is 9. The molecule has 0 aromatic rings. The van der Waals surface area contributed by atoms with Crippen LogP contribution < -0.4 is 0 Å². The smallest absolute Gasteiger partial charge is 0.334 e. The number of hydrogen-bond acceptors (Lipinski definition) is 15. The van der Waals surface area contributed by atoms with Gasteiger partial charge in [-0.05, 0) is 80.9 Å². The fraction of sp³-hybridized carbons (Fsp3) is 0.707. The first kappa shape index (κ1) is 42.8. The summed E-state index contributed by atoms with van der Waals surface area (Å²) in [5.41, 5.74) is 1.67. The molecule has 312 valence electrons. The number of hydrogen-bond donors (Lipinski definition) is 7. The number of carbonyl (C=O) groups is 2. The third-order valence-electron chi connectivity index (χ3n) is 12.9. The highest BCUT2D eigenvalue weighted by molar-refractivity contribution is 5.88. The quantitative estimate of drug-likeness (QED) is 0.0977. The van der Waals surface area contributed by atoms with Crippen LogP contribution in [-0.2, 0) is 38.0 Å². The zero-order valence-electron chi connectivity index (χ0n) is 32.3. The Morgan fingerprint density at radius 3 is 2.45 bits per heavy atom. The monoisotopic (exact) mass is 790 g/mol. The highest BCUT2D eigenvalue weighted by Crippen LogP contribution is 2.50. The van der Waals surface area contributed by atoms with Crippen LogP contribution in [-0.4, -0.2) is 141 Å². The van der Waals surface area contributed by atoms with Crippen LogP contribution in [0.2, 0.25) is 0 Å². The van der Waals surface area contributed by atoms with E-state index < -0.39 is 104 Å². The molecule has 6 aliphatic rings. The largest absolute Gasteiger partial charge is 0.457 e. The minimum atomic E-state index is -1.92. The second-order valence-corrected chi connectivity index (χ2v) is 16.7. The van der Waals surface area contributed by atoms with Gasteiger partial charge in [0.25, 0.3) is 0 Å². The van der Waals surface area contributed by atoms with Crippen molar-refractivity contribution in [2.75, 3.05) is 19.8 Å². The van der Waals surface area contributed by atoms with Gasteiger partial charge in [0.1, 0.15) is 48.3 Å². The highest BCUT2D eigenvalue weighted by Gasteiger charge is 2.52. The molecule has 3 aliphatic carbocycles. The Bertz CT molecular complexity index is 1590. The SMILES string of the molecule is C=C(C(=O)O[C@H]1C/C=C(/C)C[C@H](O)[C@H]2[C@H](C)C(=O)O[C@@H]2/C=C\1C)[C@@H]1CCC(=C)[C@@H]2C[C@H](O[C@@H]3O[C@H](CO[C@H]4OC[C@](O)(CO)[C@H]4O)[C@@H](O)[C@H](O)[C@H]3O)C(=C)[C@@H]2C1. The van der Waals surface area contributed by atoms with Gasteiger partial charge in [-0.2, -0.15) is 0 Å². The fourth-order valence-electron chi connectivity index (χ4n) is 9.07. The van der Waals surface area contributed by atoms with Crippen molar-refractivity contribution < 1.29 is 73.8 Å². The van der Waals surface area contributed by atoms with Gasteiger partial charge in [-0.25, -0.2) is 4.79 Å². The summed E-state index contributed by atoms with van der Waals surface area (Å²) < 4.78 is 34.6. The van der Waals surface area contributed by atoms with Gasteiger partial charge in [0.2, 0.25) is 0 Å². The lowest BCUT2D eigenvalue weighted by atomic mass is 9.82. The van der Waals surface area contributed by atoms with Crippen LogP contribution in [0.25, 0.3) is 0 Å². The molecule has 3 saturated heterocycles. The van der Waals surface area contributed by atoms with Crippen molar-refractivity contribution in [3.8, 4) is 0 Å². The second kappa shape index (κ2) is 17.2. The molecule has 0 amide bonds. The molecule has 5 fully saturated rings. The Kier molecular flexibility index (Phi) is 13.1. The van der Waals surface area contributed by atoms with Crippen molar-refractivity contribution in [3.05, 3.63) is 59.8 Å². The van der Waals surface area contributed by atoms with E-state index in [1.807, 2.05) is 19.9 Å². The van der Waals surface area contributed by atoms with Crippen molar-refractivity contribution in [1.82, 2.24) is 0 Å². The van der Waals surface area contributed by atoms with E-state index in [1.165, 1.54) is 0 Å². The van der Waals surface area contributed by atoms with Crippen LogP contribution >= 0.6 is 0 Å². The molecule has 56 heavy (non-hydrogen) atoms. The molecule has 15 nitrogen and oxygen atoms in total. The Balaban J connectivity index is 1.09. The Morgan fingerprint density at radius 2 is 1.75 bits per heavy atom. The lowest BCUT2D eigenvalue weighted by Gasteiger charge is -2.41. The maximum absolute atomic E-state index is 13.8. The number of esters is 2. The van der Waals surface area contributed by atoms with Gasteiger partial charge in [0.05, 0.1) is 37.9 Å². The summed E-state index contributed by atoms with van der Waals surface area (Å²) in [5, 5.41) is 73.1. The predicted molar refractivity (Wildman–Crippen MR) is 197 cm³/mol. The van der Waals surface area contributed by atoms with Crippen LogP contribution in [0, 0.1) is 29.6 Å². The summed E-state index contributed by atoms with van der Waals surface area (Å²) in [6.45, 7) is 16.8. The molecule has 0 bridgehead atoms. The topological polar surface area (TPSA) is 231 Å². The van der Waals surface area contributed by atoms with E-state index in [1.54, 1.807) is 13.0 Å². The van der Waals surface area contributed by atoms with E-state index in [4.69, 9.17) is 28.4 Å². The number of carbonyl (C=O) groups excluding carboxylic acids is 2. The van der Waals surface area contributed by atoms with Gasteiger partial charge >= 0.3 is 11.9 Å². The third kappa shape index (κ3) is 8.50. The maximum Gasteiger partial charge on any atom is 0.334 e. The minimum absolute atomic E-state index is 0.0561. The number of fused-ring (bicyclic) bond motifs is 2. The van der Waals surface area contributed by atoms with Crippen molar-refractivity contribution in [2.45, 2.75) is 132 Å². The lowest BCUT2D eigenvalue weighted by Crippen LogP contribution is -2.60. The van der Waals surface area contributed by atoms with Gasteiger partial charge < -0.3 is 64.2 Å². The lowest BCUT2D eigenvalue weighted by molar-refractivity contribution is -0.315. The van der Waals surface area contributed by atoms with Crippen LogP contribution in [0.3, 0.4) is 0 Å². The third-order valence-corrected chi connectivity index (χ3v) is 12.9. The zero-order chi connectivity index (χ0) is 40.8. The second-order valence-electron chi connectivity index (χ2n) is 16.7. The number of ether oxygens (including phenoxy) is 6. The predicted octanol–water partition coefficient (Wildman–Crippen LogP) is 0.878. The number of aliphatic hydroxyl groups excluding tert-OH is 6. The molecule has 3 heterocycles. The molecule has 7 N–H and O–H groups in total. The molecule has 0 spiro atoms. The number of allylic oxidation sites excluding steroid dienone is 1. The maximum atomic E-state index is 13.8. The molecule has 17 atom stereocenters. The molecule has 3 aliphatic heterocycles. The summed E-state index contributed by atoms with van der Waals surface area (Å²) in [6, 6.07) is 0. The van der Waals surface area contributed by atoms with Crippen LogP contribution in [0.1, 0.15) is 59.3 Å². The van der Waals surface area contributed by atoms with Gasteiger partial charge in [0, 0.05) is 17.9 Å². The zero-order valence-corrected chi connectivity index (χ0v) is 32.3. The summed E-state index contributed by atoms with van der Waals surface area (Å²) in [5.74, 6) is -2.29. The average molecular weight is 791 g/mol. The van der Waals surface area contributed by atoms with Crippen molar-refractivity contribution in [1.29, 1.82) is 0 Å². The van der Waals surface area contributed by atoms with E-state index >= 15 is 0 Å². The van der Waals surface area contributed by atoms with E-state index in [-0.39, 0.29) is 30.3 Å². The normalized spacial score (nSPS) is 46.4. The van der Waals surface area contributed by atoms with E-state index in [2.05, 4.69) is 19.7 Å². The summed E-state index contributed by atoms with van der Waals surface area (Å²) in [6.07, 6.45) is -6.43. The number of aliphatic hydroxyl groups is 7. The summed E-state index contributed by atoms with van der Waals surface area (Å²) in [4.78, 5) is 26.2. The minimum Gasteiger partial charge on any atom is -0.457 e. The van der Waals surface area contributed by atoms with Gasteiger partial charge in [-0.15, -0.1) is 0 Å². The molecule has 0 aromatic carbocycles. The Hall–Kier alpha value is -2.80. The fourth-order valence-corrected chi connectivity index (χ4v) is 9.07. The van der Waals surface area contributed by atoms with E-state index in [0.717, 1.165) is 11.1 Å². The molecule has 6 rings (SSSR count). The summed E-state index contributed by atoms with van der Waals surface area (Å²) >= 11 is 0. The molecule has 0 radical (unpaired) electrons. The molecule has 15 heteroatoms. The standard InChI is InChI=1S/C41H58O15/c1-18-7-10-28(20(3)12-30-32(27(43)11-18)23(6)38(49)54-30)53-37(48)21(4)24-9-8-19(2)25-14-29(22(5)26(25)13-24)55-39-35(46)34(45)33(44)31(56-39)15-51-40-36(47)41(50,16-42)17-52-40/h7,12,23-36,39-40,42-47,50H,2,4-5,8-11,13-17H2,1,3,6H3/b18-7-,20-12-/t23-,24+,25-,26-,27-,28-,29-,30+,31+,32+,33+,34-,35+,36-,39+,40-,41+/m0/s1. The van der Waals surface area contributed by atoms with Gasteiger partial charge in [0.15, 0.2) is 12.6 Å². The molecular weight excluding hydrogens is 732 g/mol. The Labute approximate surface area is 326 Å². The first-order chi connectivity index (χ1) is 26.4. The van der Waals surface area contributed by atoms with E-state index in [9.17, 15) is 45.3 Å². The van der Waals surface area contributed by atoms with Crippen molar-refractivity contribution in [3.63, 3.8) is 0 Å². The van der Waals surface area contributed by atoms with Crippen molar-refractivity contribution >= 4 is 11.9 Å². The molecule has 0 unspecified atom stereocenters. The highest BCUT2D eigenvalue weighted by atomic mass is 16.7. The van der Waals surface area contributed by atoms with Crippen LogP contribution in [0.4, 0.5) is 0 Å². The van der Waals surface area contributed by atoms with Crippen LogP contribution in [0.15, 0.2) is 59.8 Å². The van der Waals surface area contributed by atoms with E-state index in [0.29, 0.717) is 55.2 Å².